The third-order valence-corrected chi connectivity index (χ3v) is 4.38. The Bertz CT molecular complexity index is 418. The highest BCUT2D eigenvalue weighted by atomic mass is 16.5. The van der Waals surface area contributed by atoms with E-state index in [-0.39, 0.29) is 0 Å². The molecule has 0 saturated carbocycles. The van der Waals surface area contributed by atoms with Crippen LogP contribution in [-0.2, 0) is 11.2 Å². The first-order valence-electron chi connectivity index (χ1n) is 8.40. The number of nitrogens with one attached hydrogen (secondary N) is 1. The second-order valence-corrected chi connectivity index (χ2v) is 6.25. The third-order valence-electron chi connectivity index (χ3n) is 4.38. The van der Waals surface area contributed by atoms with E-state index >= 15 is 0 Å². The number of hydrogen-bond acceptors (Lipinski definition) is 4. The monoisotopic (exact) mass is 294 g/mol. The first-order chi connectivity index (χ1) is 10.2. The van der Waals surface area contributed by atoms with E-state index in [1.807, 2.05) is 4.68 Å². The van der Waals surface area contributed by atoms with E-state index in [0.29, 0.717) is 24.1 Å². The van der Waals surface area contributed by atoms with Gasteiger partial charge in [0, 0.05) is 31.0 Å². The van der Waals surface area contributed by atoms with E-state index in [9.17, 15) is 0 Å². The quantitative estimate of drug-likeness (QED) is 0.800. The van der Waals surface area contributed by atoms with Gasteiger partial charge in [0.25, 0.3) is 0 Å². The maximum absolute atomic E-state index is 5.89. The van der Waals surface area contributed by atoms with Gasteiger partial charge in [0.1, 0.15) is 12.2 Å². The SMILES string of the molecule is CCCNC(Cc1ncnn1C(C)C)C1CCOC1CC. The summed E-state index contributed by atoms with van der Waals surface area (Å²) in [5.74, 6) is 1.67. The molecule has 3 unspecified atom stereocenters. The van der Waals surface area contributed by atoms with Crippen molar-refractivity contribution in [3.05, 3.63) is 12.2 Å². The maximum atomic E-state index is 5.89. The second-order valence-electron chi connectivity index (χ2n) is 6.25. The summed E-state index contributed by atoms with van der Waals surface area (Å²) in [7, 11) is 0. The van der Waals surface area contributed by atoms with Gasteiger partial charge in [-0.2, -0.15) is 5.10 Å². The molecule has 1 aromatic rings. The van der Waals surface area contributed by atoms with Gasteiger partial charge in [0.15, 0.2) is 0 Å². The van der Waals surface area contributed by atoms with E-state index in [0.717, 1.165) is 44.7 Å². The molecule has 1 N–H and O–H groups in total. The molecular weight excluding hydrogens is 264 g/mol. The van der Waals surface area contributed by atoms with Gasteiger partial charge in [-0.25, -0.2) is 9.67 Å². The van der Waals surface area contributed by atoms with Crippen LogP contribution in [0.2, 0.25) is 0 Å². The molecule has 0 amide bonds. The molecule has 0 radical (unpaired) electrons. The lowest BCUT2D eigenvalue weighted by Crippen LogP contribution is -2.42. The molecule has 120 valence electrons. The highest BCUT2D eigenvalue weighted by Gasteiger charge is 2.34. The van der Waals surface area contributed by atoms with Crippen molar-refractivity contribution in [2.24, 2.45) is 5.92 Å². The molecule has 0 bridgehead atoms. The third kappa shape index (κ3) is 4.04. The van der Waals surface area contributed by atoms with Crippen LogP contribution < -0.4 is 5.32 Å². The van der Waals surface area contributed by atoms with Gasteiger partial charge < -0.3 is 10.1 Å². The minimum atomic E-state index is 0.358. The van der Waals surface area contributed by atoms with Gasteiger partial charge in [-0.05, 0) is 39.7 Å². The minimum Gasteiger partial charge on any atom is -0.378 e. The van der Waals surface area contributed by atoms with Crippen LogP contribution in [-0.4, -0.2) is 40.1 Å². The summed E-state index contributed by atoms with van der Waals surface area (Å²) < 4.78 is 7.93. The molecule has 5 heteroatoms. The molecular formula is C16H30N4O. The van der Waals surface area contributed by atoms with Crippen molar-refractivity contribution in [3.8, 4) is 0 Å². The van der Waals surface area contributed by atoms with Gasteiger partial charge in [-0.15, -0.1) is 0 Å². The Morgan fingerprint density at radius 3 is 2.90 bits per heavy atom. The van der Waals surface area contributed by atoms with Crippen molar-refractivity contribution in [2.75, 3.05) is 13.2 Å². The van der Waals surface area contributed by atoms with E-state index in [2.05, 4.69) is 43.1 Å². The molecule has 2 rings (SSSR count). The van der Waals surface area contributed by atoms with Crippen LogP contribution in [0.5, 0.6) is 0 Å². The van der Waals surface area contributed by atoms with Crippen LogP contribution in [0.3, 0.4) is 0 Å². The fraction of sp³-hybridized carbons (Fsp3) is 0.875. The molecule has 2 heterocycles. The summed E-state index contributed by atoms with van der Waals surface area (Å²) in [5, 5.41) is 8.08. The predicted molar refractivity (Wildman–Crippen MR) is 84.3 cm³/mol. The molecule has 0 aliphatic carbocycles. The number of hydrogen-bond donors (Lipinski definition) is 1. The summed E-state index contributed by atoms with van der Waals surface area (Å²) in [4.78, 5) is 4.48. The molecule has 0 spiro atoms. The van der Waals surface area contributed by atoms with E-state index in [1.54, 1.807) is 6.33 Å². The van der Waals surface area contributed by atoms with Gasteiger partial charge in [-0.3, -0.25) is 0 Å². The van der Waals surface area contributed by atoms with Crippen LogP contribution in [0.1, 0.15) is 58.8 Å². The average molecular weight is 294 g/mol. The summed E-state index contributed by atoms with van der Waals surface area (Å²) in [6.07, 6.45) is 6.38. The van der Waals surface area contributed by atoms with Crippen molar-refractivity contribution in [1.82, 2.24) is 20.1 Å². The number of aromatic nitrogens is 3. The number of rotatable bonds is 8. The first kappa shape index (κ1) is 16.4. The highest BCUT2D eigenvalue weighted by Crippen LogP contribution is 2.28. The van der Waals surface area contributed by atoms with Crippen molar-refractivity contribution in [2.45, 2.75) is 71.6 Å². The first-order valence-corrected chi connectivity index (χ1v) is 8.40. The average Bonchev–Trinajstić information content (AvgIpc) is 3.11. The predicted octanol–water partition coefficient (Wildman–Crippen LogP) is 2.58. The summed E-state index contributed by atoms with van der Waals surface area (Å²) in [6, 6.07) is 0.787. The standard InChI is InChI=1S/C16H30N4O/c1-5-8-17-14(13-7-9-21-15(13)6-2)10-16-18-11-19-20(16)12(3)4/h11-15,17H,5-10H2,1-4H3. The normalized spacial score (nSPS) is 23.9. The lowest BCUT2D eigenvalue weighted by atomic mass is 9.89. The fourth-order valence-electron chi connectivity index (χ4n) is 3.30. The van der Waals surface area contributed by atoms with Gasteiger partial charge >= 0.3 is 0 Å². The Morgan fingerprint density at radius 2 is 2.24 bits per heavy atom. The van der Waals surface area contributed by atoms with Crippen molar-refractivity contribution in [3.63, 3.8) is 0 Å². The van der Waals surface area contributed by atoms with Crippen LogP contribution in [0.15, 0.2) is 6.33 Å². The Kier molecular flexibility index (Phi) is 6.18. The number of ether oxygens (including phenoxy) is 1. The summed E-state index contributed by atoms with van der Waals surface area (Å²) in [5.41, 5.74) is 0. The lowest BCUT2D eigenvalue weighted by molar-refractivity contribution is 0.0771. The fourth-order valence-corrected chi connectivity index (χ4v) is 3.30. The molecule has 21 heavy (non-hydrogen) atoms. The topological polar surface area (TPSA) is 52.0 Å². The maximum Gasteiger partial charge on any atom is 0.138 e. The van der Waals surface area contributed by atoms with E-state index in [4.69, 9.17) is 4.74 Å². The Balaban J connectivity index is 2.10. The minimum absolute atomic E-state index is 0.358. The largest absolute Gasteiger partial charge is 0.378 e. The lowest BCUT2D eigenvalue weighted by Gasteiger charge is -2.28. The van der Waals surface area contributed by atoms with Crippen LogP contribution in [0.25, 0.3) is 0 Å². The zero-order valence-electron chi connectivity index (χ0n) is 13.9. The summed E-state index contributed by atoms with van der Waals surface area (Å²) >= 11 is 0. The van der Waals surface area contributed by atoms with Gasteiger partial charge in [0.2, 0.25) is 0 Å². The Morgan fingerprint density at radius 1 is 1.43 bits per heavy atom. The molecule has 1 saturated heterocycles. The zero-order valence-corrected chi connectivity index (χ0v) is 13.9. The van der Waals surface area contributed by atoms with Gasteiger partial charge in [-0.1, -0.05) is 13.8 Å². The second kappa shape index (κ2) is 7.90. The Hall–Kier alpha value is -0.940. The van der Waals surface area contributed by atoms with Crippen LogP contribution >= 0.6 is 0 Å². The smallest absolute Gasteiger partial charge is 0.138 e. The highest BCUT2D eigenvalue weighted by molar-refractivity contribution is 4.96. The van der Waals surface area contributed by atoms with E-state index < -0.39 is 0 Å². The van der Waals surface area contributed by atoms with Crippen molar-refractivity contribution in [1.29, 1.82) is 0 Å². The van der Waals surface area contributed by atoms with Crippen molar-refractivity contribution >= 4 is 0 Å². The van der Waals surface area contributed by atoms with E-state index in [1.165, 1.54) is 0 Å². The molecule has 1 aliphatic rings. The molecule has 1 aromatic heterocycles. The van der Waals surface area contributed by atoms with Gasteiger partial charge in [0.05, 0.1) is 6.10 Å². The van der Waals surface area contributed by atoms with Crippen LogP contribution in [0, 0.1) is 5.92 Å². The summed E-state index contributed by atoms with van der Waals surface area (Å²) in [6.45, 7) is 10.7. The molecule has 3 atom stereocenters. The number of nitrogens with zero attached hydrogens (tertiary/aromatic N) is 3. The molecule has 1 aliphatic heterocycles. The van der Waals surface area contributed by atoms with Crippen molar-refractivity contribution < 1.29 is 4.74 Å². The molecule has 0 aromatic carbocycles. The zero-order chi connectivity index (χ0) is 15.2. The van der Waals surface area contributed by atoms with Crippen LogP contribution in [0.4, 0.5) is 0 Å². The Labute approximate surface area is 128 Å². The molecule has 5 nitrogen and oxygen atoms in total. The molecule has 1 fully saturated rings.